The quantitative estimate of drug-likeness (QED) is 0.846. The molecule has 2 aromatic heterocycles. The van der Waals surface area contributed by atoms with E-state index in [1.807, 2.05) is 17.0 Å². The van der Waals surface area contributed by atoms with Gasteiger partial charge in [-0.1, -0.05) is 0 Å². The first-order valence-electron chi connectivity index (χ1n) is 7.60. The van der Waals surface area contributed by atoms with Crippen molar-refractivity contribution in [2.45, 2.75) is 31.9 Å². The lowest BCUT2D eigenvalue weighted by Gasteiger charge is -2.27. The van der Waals surface area contributed by atoms with E-state index in [1.165, 1.54) is 0 Å². The third-order valence-corrected chi connectivity index (χ3v) is 4.15. The number of hydrogen-bond donors (Lipinski definition) is 0. The predicted octanol–water partition coefficient (Wildman–Crippen LogP) is 1.80. The highest BCUT2D eigenvalue weighted by molar-refractivity contribution is 5.81. The van der Waals surface area contributed by atoms with Crippen LogP contribution in [0.1, 0.15) is 24.3 Å². The zero-order valence-corrected chi connectivity index (χ0v) is 12.2. The van der Waals surface area contributed by atoms with Crippen LogP contribution >= 0.6 is 0 Å². The van der Waals surface area contributed by atoms with E-state index in [0.717, 1.165) is 29.9 Å². The molecule has 1 fully saturated rings. The molecule has 0 bridgehead atoms. The number of carbonyl (C=O) groups is 1. The minimum atomic E-state index is -0.272. The second-order valence-corrected chi connectivity index (χ2v) is 5.64. The van der Waals surface area contributed by atoms with Crippen LogP contribution in [0.25, 0.3) is 11.5 Å². The van der Waals surface area contributed by atoms with Crippen LogP contribution in [0.2, 0.25) is 0 Å². The second kappa shape index (κ2) is 5.53. The molecular formula is C16H17N3O3. The van der Waals surface area contributed by atoms with Gasteiger partial charge in [0, 0.05) is 32.0 Å². The Bertz CT molecular complexity index is 677. The highest BCUT2D eigenvalue weighted by Crippen LogP contribution is 2.26. The number of rotatable bonds is 2. The summed E-state index contributed by atoms with van der Waals surface area (Å²) in [5.41, 5.74) is 1.70. The smallest absolute Gasteiger partial charge is 0.252 e. The van der Waals surface area contributed by atoms with Crippen molar-refractivity contribution >= 4 is 5.91 Å². The summed E-state index contributed by atoms with van der Waals surface area (Å²) in [6, 6.07) is 3.77. The molecule has 0 saturated carbocycles. The number of pyridine rings is 1. The number of oxazole rings is 1. The summed E-state index contributed by atoms with van der Waals surface area (Å²) in [7, 11) is 0. The largest absolute Gasteiger partial charge is 0.441 e. The molecule has 1 unspecified atom stereocenters. The molecule has 6 nitrogen and oxygen atoms in total. The van der Waals surface area contributed by atoms with Gasteiger partial charge in [0.1, 0.15) is 17.6 Å². The van der Waals surface area contributed by atoms with Crippen molar-refractivity contribution in [2.75, 3.05) is 13.2 Å². The molecule has 0 aliphatic carbocycles. The summed E-state index contributed by atoms with van der Waals surface area (Å²) >= 11 is 0. The molecule has 2 aromatic rings. The molecule has 4 rings (SSSR count). The van der Waals surface area contributed by atoms with Gasteiger partial charge in [-0.3, -0.25) is 9.78 Å². The van der Waals surface area contributed by atoms with Crippen molar-refractivity contribution in [3.63, 3.8) is 0 Å². The van der Waals surface area contributed by atoms with Crippen LogP contribution in [-0.2, 0) is 22.5 Å². The van der Waals surface area contributed by atoms with Crippen LogP contribution in [0.15, 0.2) is 28.9 Å². The topological polar surface area (TPSA) is 68.5 Å². The van der Waals surface area contributed by atoms with E-state index in [9.17, 15) is 4.79 Å². The highest BCUT2D eigenvalue weighted by Gasteiger charge is 2.32. The molecule has 6 heteroatoms. The summed E-state index contributed by atoms with van der Waals surface area (Å²) < 4.78 is 11.3. The summed E-state index contributed by atoms with van der Waals surface area (Å²) in [6.45, 7) is 1.84. The van der Waals surface area contributed by atoms with Crippen molar-refractivity contribution in [1.82, 2.24) is 14.9 Å². The molecule has 22 heavy (non-hydrogen) atoms. The standard InChI is InChI=1S/C16H17N3O3/c20-16(14-4-2-8-21-14)19-7-5-13-12(10-19)18-15(22-13)11-3-1-6-17-9-11/h1,3,6,9,14H,2,4-5,7-8,10H2. The Morgan fingerprint density at radius 1 is 1.41 bits per heavy atom. The second-order valence-electron chi connectivity index (χ2n) is 5.64. The first-order valence-corrected chi connectivity index (χ1v) is 7.60. The molecule has 2 aliphatic heterocycles. The number of hydrogen-bond acceptors (Lipinski definition) is 5. The predicted molar refractivity (Wildman–Crippen MR) is 77.8 cm³/mol. The molecule has 1 atom stereocenters. The van der Waals surface area contributed by atoms with Gasteiger partial charge in [0.15, 0.2) is 0 Å². The Kier molecular flexibility index (Phi) is 3.38. The fraction of sp³-hybridized carbons (Fsp3) is 0.438. The molecule has 1 saturated heterocycles. The highest BCUT2D eigenvalue weighted by atomic mass is 16.5. The van der Waals surface area contributed by atoms with E-state index in [-0.39, 0.29) is 12.0 Å². The average Bonchev–Trinajstić information content (AvgIpc) is 3.23. The Morgan fingerprint density at radius 2 is 2.36 bits per heavy atom. The van der Waals surface area contributed by atoms with Gasteiger partial charge in [0.2, 0.25) is 5.89 Å². The van der Waals surface area contributed by atoms with Gasteiger partial charge in [0.25, 0.3) is 5.91 Å². The lowest BCUT2D eigenvalue weighted by atomic mass is 10.1. The molecule has 114 valence electrons. The maximum atomic E-state index is 12.4. The lowest BCUT2D eigenvalue weighted by molar-refractivity contribution is -0.142. The van der Waals surface area contributed by atoms with Crippen molar-refractivity contribution in [3.05, 3.63) is 36.0 Å². The number of fused-ring (bicyclic) bond motifs is 1. The van der Waals surface area contributed by atoms with Gasteiger partial charge in [0.05, 0.1) is 12.1 Å². The third kappa shape index (κ3) is 2.39. The summed E-state index contributed by atoms with van der Waals surface area (Å²) in [4.78, 5) is 22.9. The maximum absolute atomic E-state index is 12.4. The molecule has 0 radical (unpaired) electrons. The zero-order chi connectivity index (χ0) is 14.9. The van der Waals surface area contributed by atoms with Crippen LogP contribution in [0.3, 0.4) is 0 Å². The van der Waals surface area contributed by atoms with Gasteiger partial charge in [-0.15, -0.1) is 0 Å². The Labute approximate surface area is 128 Å². The molecule has 4 heterocycles. The van der Waals surface area contributed by atoms with Crippen molar-refractivity contribution < 1.29 is 13.9 Å². The third-order valence-electron chi connectivity index (χ3n) is 4.15. The van der Waals surface area contributed by atoms with Gasteiger partial charge < -0.3 is 14.1 Å². The van der Waals surface area contributed by atoms with Crippen LogP contribution in [0, 0.1) is 0 Å². The fourth-order valence-corrected chi connectivity index (χ4v) is 2.98. The van der Waals surface area contributed by atoms with Crippen LogP contribution in [0.5, 0.6) is 0 Å². The summed E-state index contributed by atoms with van der Waals surface area (Å²) in [6.07, 6.45) is 5.65. The summed E-state index contributed by atoms with van der Waals surface area (Å²) in [5, 5.41) is 0. The fourth-order valence-electron chi connectivity index (χ4n) is 2.98. The molecule has 0 N–H and O–H groups in total. The molecule has 0 spiro atoms. The van der Waals surface area contributed by atoms with Crippen molar-refractivity contribution in [2.24, 2.45) is 0 Å². The SMILES string of the molecule is O=C(C1CCCO1)N1CCc2oc(-c3cccnc3)nc2C1. The van der Waals surface area contributed by atoms with E-state index < -0.39 is 0 Å². The number of aromatic nitrogens is 2. The van der Waals surface area contributed by atoms with Crippen LogP contribution in [-0.4, -0.2) is 40.0 Å². The van der Waals surface area contributed by atoms with E-state index >= 15 is 0 Å². The van der Waals surface area contributed by atoms with Crippen molar-refractivity contribution in [3.8, 4) is 11.5 Å². The molecule has 2 aliphatic rings. The monoisotopic (exact) mass is 299 g/mol. The van der Waals surface area contributed by atoms with E-state index in [2.05, 4.69) is 9.97 Å². The molecule has 0 aromatic carbocycles. The normalized spacial score (nSPS) is 20.9. The minimum absolute atomic E-state index is 0.0778. The van der Waals surface area contributed by atoms with E-state index in [1.54, 1.807) is 12.4 Å². The van der Waals surface area contributed by atoms with Gasteiger partial charge in [-0.25, -0.2) is 4.98 Å². The first kappa shape index (κ1) is 13.5. The van der Waals surface area contributed by atoms with E-state index in [0.29, 0.717) is 32.0 Å². The van der Waals surface area contributed by atoms with Crippen LogP contribution in [0.4, 0.5) is 0 Å². The first-order chi connectivity index (χ1) is 10.8. The van der Waals surface area contributed by atoms with E-state index in [4.69, 9.17) is 9.15 Å². The van der Waals surface area contributed by atoms with Crippen molar-refractivity contribution in [1.29, 1.82) is 0 Å². The lowest BCUT2D eigenvalue weighted by Crippen LogP contribution is -2.41. The van der Waals surface area contributed by atoms with Crippen LogP contribution < -0.4 is 0 Å². The number of ether oxygens (including phenoxy) is 1. The van der Waals surface area contributed by atoms with Gasteiger partial charge in [-0.05, 0) is 25.0 Å². The minimum Gasteiger partial charge on any atom is -0.441 e. The van der Waals surface area contributed by atoms with Gasteiger partial charge >= 0.3 is 0 Å². The zero-order valence-electron chi connectivity index (χ0n) is 12.2. The number of nitrogens with zero attached hydrogens (tertiary/aromatic N) is 3. The number of amides is 1. The maximum Gasteiger partial charge on any atom is 0.252 e. The number of carbonyl (C=O) groups excluding carboxylic acids is 1. The Balaban J connectivity index is 1.54. The Hall–Kier alpha value is -2.21. The molecular weight excluding hydrogens is 282 g/mol. The van der Waals surface area contributed by atoms with Gasteiger partial charge in [-0.2, -0.15) is 0 Å². The summed E-state index contributed by atoms with van der Waals surface area (Å²) in [5.74, 6) is 1.52. The Morgan fingerprint density at radius 3 is 3.14 bits per heavy atom. The average molecular weight is 299 g/mol. The molecule has 1 amide bonds.